The van der Waals surface area contributed by atoms with E-state index >= 15 is 0 Å². The normalized spacial score (nSPS) is 15.6. The third-order valence-electron chi connectivity index (χ3n) is 5.55. The number of fused-ring (bicyclic) bond motifs is 1. The second kappa shape index (κ2) is 10.8. The number of anilines is 1. The van der Waals surface area contributed by atoms with Crippen LogP contribution in [-0.2, 0) is 11.3 Å². The summed E-state index contributed by atoms with van der Waals surface area (Å²) in [5.74, 6) is 0.00544. The van der Waals surface area contributed by atoms with Crippen LogP contribution < -0.4 is 5.32 Å². The molecule has 2 heterocycles. The molecule has 0 saturated heterocycles. The number of nitrogens with zero attached hydrogens (tertiary/aromatic N) is 2. The van der Waals surface area contributed by atoms with Crippen LogP contribution in [0.5, 0.6) is 0 Å². The molecular weight excluding hydrogens is 504 g/mol. The van der Waals surface area contributed by atoms with Crippen LogP contribution in [0, 0.1) is 13.8 Å². The number of benzene rings is 2. The number of hydrogen-bond donors (Lipinski definition) is 2. The molecule has 1 atom stereocenters. The number of amides is 1. The highest BCUT2D eigenvalue weighted by Crippen LogP contribution is 2.38. The Bertz CT molecular complexity index is 1210. The van der Waals surface area contributed by atoms with E-state index in [1.165, 1.54) is 5.56 Å². The first kappa shape index (κ1) is 26.7. The second-order valence-corrected chi connectivity index (χ2v) is 9.09. The molecule has 1 unspecified atom stereocenters. The van der Waals surface area contributed by atoms with Crippen molar-refractivity contribution < 1.29 is 22.8 Å². The lowest BCUT2D eigenvalue weighted by molar-refractivity contribution is -0.156. The molecule has 0 radical (unpaired) electrons. The van der Waals surface area contributed by atoms with Gasteiger partial charge in [0.25, 0.3) is 5.91 Å². The van der Waals surface area contributed by atoms with Gasteiger partial charge in [-0.25, -0.2) is 0 Å². The van der Waals surface area contributed by atoms with E-state index in [0.29, 0.717) is 21.3 Å². The van der Waals surface area contributed by atoms with E-state index in [2.05, 4.69) is 27.5 Å². The van der Waals surface area contributed by atoms with Crippen molar-refractivity contribution in [1.29, 1.82) is 0 Å². The number of H-pyrrole nitrogens is 1. The molecule has 0 spiro atoms. The van der Waals surface area contributed by atoms with Crippen molar-refractivity contribution in [2.24, 2.45) is 0 Å². The van der Waals surface area contributed by atoms with Crippen LogP contribution >= 0.6 is 23.2 Å². The zero-order valence-electron chi connectivity index (χ0n) is 19.1. The zero-order chi connectivity index (χ0) is 25.9. The molecular formula is C24H23Cl2F3N4O2. The average Bonchev–Trinajstić information content (AvgIpc) is 3.12. The van der Waals surface area contributed by atoms with Crippen molar-refractivity contribution in [3.05, 3.63) is 80.1 Å². The smallest absolute Gasteiger partial charge is 0.322 e. The molecule has 0 fully saturated rings. The van der Waals surface area contributed by atoms with E-state index in [1.54, 1.807) is 6.07 Å². The van der Waals surface area contributed by atoms with Gasteiger partial charge in [-0.15, -0.1) is 0 Å². The molecule has 0 saturated carbocycles. The Morgan fingerprint density at radius 3 is 2.37 bits per heavy atom. The van der Waals surface area contributed by atoms with Gasteiger partial charge < -0.3 is 10.2 Å². The Morgan fingerprint density at radius 2 is 1.83 bits per heavy atom. The summed E-state index contributed by atoms with van der Waals surface area (Å²) >= 11 is 12.7. The van der Waals surface area contributed by atoms with Gasteiger partial charge in [0.1, 0.15) is 0 Å². The highest BCUT2D eigenvalue weighted by molar-refractivity contribution is 6.35. The average molecular weight is 527 g/mol. The molecule has 35 heavy (non-hydrogen) atoms. The van der Waals surface area contributed by atoms with E-state index in [9.17, 15) is 18.0 Å². The van der Waals surface area contributed by atoms with Crippen LogP contribution in [0.3, 0.4) is 0 Å². The fourth-order valence-corrected chi connectivity index (χ4v) is 4.58. The fourth-order valence-electron chi connectivity index (χ4n) is 4.01. The van der Waals surface area contributed by atoms with Crippen LogP contribution in [-0.4, -0.2) is 47.1 Å². The number of aromatic nitrogens is 2. The van der Waals surface area contributed by atoms with Crippen LogP contribution in [0.15, 0.2) is 36.4 Å². The maximum absolute atomic E-state index is 12.6. The Kier molecular flexibility index (Phi) is 8.25. The molecule has 186 valence electrons. The summed E-state index contributed by atoms with van der Waals surface area (Å²) in [6, 6.07) is 11.8. The molecule has 1 aliphatic heterocycles. The lowest BCUT2D eigenvalue weighted by Crippen LogP contribution is -2.31. The number of aryl methyl sites for hydroxylation is 2. The van der Waals surface area contributed by atoms with Crippen molar-refractivity contribution in [3.8, 4) is 0 Å². The van der Waals surface area contributed by atoms with Gasteiger partial charge >= 0.3 is 6.18 Å². The first-order chi connectivity index (χ1) is 16.4. The maximum atomic E-state index is 12.6. The first-order valence-corrected chi connectivity index (χ1v) is 11.3. The predicted molar refractivity (Wildman–Crippen MR) is 129 cm³/mol. The second-order valence-electron chi connectivity index (χ2n) is 8.25. The molecule has 1 amide bonds. The maximum Gasteiger partial charge on any atom is 0.446 e. The number of alkyl halides is 3. The number of rotatable bonds is 3. The quantitative estimate of drug-likeness (QED) is 0.416. The first-order valence-electron chi connectivity index (χ1n) is 10.5. The molecule has 0 bridgehead atoms. The van der Waals surface area contributed by atoms with E-state index in [1.807, 2.05) is 44.2 Å². The minimum atomic E-state index is -4.64. The third-order valence-corrected chi connectivity index (χ3v) is 6.11. The summed E-state index contributed by atoms with van der Waals surface area (Å²) < 4.78 is 31.2. The fraction of sp³-hybridized carbons (Fsp3) is 0.292. The minimum absolute atomic E-state index is 0.164. The number of nitrogens with one attached hydrogen (secondary N) is 2. The van der Waals surface area contributed by atoms with Crippen LogP contribution in [0.4, 0.5) is 18.9 Å². The van der Waals surface area contributed by atoms with Crippen molar-refractivity contribution in [3.63, 3.8) is 0 Å². The summed E-state index contributed by atoms with van der Waals surface area (Å²) in [6.45, 7) is 5.34. The molecule has 3 aromatic rings. The molecule has 4 rings (SSSR count). The highest BCUT2D eigenvalue weighted by atomic mass is 35.5. The van der Waals surface area contributed by atoms with E-state index in [4.69, 9.17) is 28.0 Å². The van der Waals surface area contributed by atoms with Crippen LogP contribution in [0.1, 0.15) is 44.4 Å². The van der Waals surface area contributed by atoms with Crippen molar-refractivity contribution in [2.45, 2.75) is 32.5 Å². The van der Waals surface area contributed by atoms with Gasteiger partial charge in [0, 0.05) is 40.4 Å². The summed E-state index contributed by atoms with van der Waals surface area (Å²) in [4.78, 5) is 23.5. The number of hydrogen-bond acceptors (Lipinski definition) is 4. The number of aldehydes is 1. The van der Waals surface area contributed by atoms with Crippen molar-refractivity contribution in [2.75, 3.05) is 18.9 Å². The van der Waals surface area contributed by atoms with Crippen LogP contribution in [0.25, 0.3) is 0 Å². The standard InChI is InChI=1S/C22H22Cl2N4O.C2HF3O/c1-12-21(13(2)27-26-12)22(29)25-16-6-4-14(5-7-16)18-10-28(3)11-19-17(18)8-15(23)9-20(19)24;3-2(4,5)1-6/h4-9,18H,10-11H2,1-3H3,(H,25,29)(H,26,27);1H. The molecule has 0 aliphatic carbocycles. The Morgan fingerprint density at radius 1 is 1.20 bits per heavy atom. The number of halogens is 5. The van der Waals surface area contributed by atoms with Gasteiger partial charge in [0.05, 0.1) is 11.3 Å². The van der Waals surface area contributed by atoms with E-state index < -0.39 is 12.5 Å². The number of aromatic amines is 1. The molecule has 6 nitrogen and oxygen atoms in total. The van der Waals surface area contributed by atoms with Gasteiger partial charge in [-0.05, 0) is 61.9 Å². The highest BCUT2D eigenvalue weighted by Gasteiger charge is 2.27. The van der Waals surface area contributed by atoms with Gasteiger partial charge in [0.15, 0.2) is 0 Å². The van der Waals surface area contributed by atoms with Gasteiger partial charge in [0.2, 0.25) is 6.29 Å². The molecule has 1 aromatic heterocycles. The monoisotopic (exact) mass is 526 g/mol. The molecule has 2 N–H and O–H groups in total. The topological polar surface area (TPSA) is 78.1 Å². The predicted octanol–water partition coefficient (Wildman–Crippen LogP) is 5.91. The Labute approximate surface area is 210 Å². The number of likely N-dealkylation sites (N-methyl/N-ethyl adjacent to an activating group) is 1. The van der Waals surface area contributed by atoms with Crippen LogP contribution in [0.2, 0.25) is 10.0 Å². The SMILES string of the molecule is Cc1n[nH]c(C)c1C(=O)Nc1ccc(C2CN(C)Cc3c(Cl)cc(Cl)cc32)cc1.O=CC(F)(F)F. The summed E-state index contributed by atoms with van der Waals surface area (Å²) in [6.07, 6.45) is -5.70. The van der Waals surface area contributed by atoms with E-state index in [0.717, 1.165) is 35.6 Å². The summed E-state index contributed by atoms with van der Waals surface area (Å²) in [7, 11) is 2.09. The third kappa shape index (κ3) is 6.62. The molecule has 1 aliphatic rings. The summed E-state index contributed by atoms with van der Waals surface area (Å²) in [5.41, 5.74) is 6.22. The van der Waals surface area contributed by atoms with Gasteiger partial charge in [-0.1, -0.05) is 35.3 Å². The van der Waals surface area contributed by atoms with Crippen molar-refractivity contribution >= 4 is 41.1 Å². The number of carbonyl (C=O) groups is 2. The minimum Gasteiger partial charge on any atom is -0.322 e. The molecule has 2 aromatic carbocycles. The zero-order valence-corrected chi connectivity index (χ0v) is 20.6. The number of carbonyl (C=O) groups excluding carboxylic acids is 2. The largest absolute Gasteiger partial charge is 0.446 e. The Balaban J connectivity index is 0.000000509. The van der Waals surface area contributed by atoms with Gasteiger partial charge in [-0.2, -0.15) is 18.3 Å². The lowest BCUT2D eigenvalue weighted by atomic mass is 9.84. The Hall–Kier alpha value is -2.88. The van der Waals surface area contributed by atoms with Gasteiger partial charge in [-0.3, -0.25) is 14.7 Å². The summed E-state index contributed by atoms with van der Waals surface area (Å²) in [5, 5.41) is 11.2. The molecule has 11 heteroatoms. The van der Waals surface area contributed by atoms with E-state index in [-0.39, 0.29) is 11.8 Å². The lowest BCUT2D eigenvalue weighted by Gasteiger charge is -2.33. The van der Waals surface area contributed by atoms with Crippen molar-refractivity contribution in [1.82, 2.24) is 15.1 Å².